The molecule has 1 aliphatic rings. The summed E-state index contributed by atoms with van der Waals surface area (Å²) in [6.45, 7) is 5.38. The molecule has 0 radical (unpaired) electrons. The zero-order valence-electron chi connectivity index (χ0n) is 18.8. The molecule has 1 aliphatic heterocycles. The van der Waals surface area contributed by atoms with Gasteiger partial charge < -0.3 is 10.2 Å². The summed E-state index contributed by atoms with van der Waals surface area (Å²) in [6, 6.07) is 25.8. The normalized spacial score (nSPS) is 14.4. The Morgan fingerprint density at radius 3 is 1.91 bits per heavy atom. The van der Waals surface area contributed by atoms with Gasteiger partial charge in [-0.1, -0.05) is 66.7 Å². The van der Waals surface area contributed by atoms with E-state index in [1.165, 1.54) is 5.56 Å². The third-order valence-electron chi connectivity index (χ3n) is 6.41. The lowest BCUT2D eigenvalue weighted by atomic mass is 9.90. The maximum absolute atomic E-state index is 13.3. The largest absolute Gasteiger partial charge is 0.352 e. The Morgan fingerprint density at radius 2 is 1.38 bits per heavy atom. The van der Waals surface area contributed by atoms with Crippen LogP contribution in [-0.4, -0.2) is 35.8 Å². The highest BCUT2D eigenvalue weighted by molar-refractivity contribution is 5.94. The third kappa shape index (κ3) is 4.91. The quantitative estimate of drug-likeness (QED) is 0.634. The monoisotopic (exact) mass is 426 g/mol. The molecule has 0 unspecified atom stereocenters. The van der Waals surface area contributed by atoms with Gasteiger partial charge in [0.05, 0.1) is 5.92 Å². The van der Waals surface area contributed by atoms with Crippen LogP contribution in [0.25, 0.3) is 0 Å². The van der Waals surface area contributed by atoms with Crippen molar-refractivity contribution in [1.82, 2.24) is 10.2 Å². The molecule has 32 heavy (non-hydrogen) atoms. The van der Waals surface area contributed by atoms with E-state index in [-0.39, 0.29) is 23.8 Å². The van der Waals surface area contributed by atoms with Crippen molar-refractivity contribution in [2.75, 3.05) is 13.1 Å². The fraction of sp³-hybridized carbons (Fsp3) is 0.286. The van der Waals surface area contributed by atoms with E-state index in [4.69, 9.17) is 0 Å². The summed E-state index contributed by atoms with van der Waals surface area (Å²) in [5.41, 5.74) is 5.03. The fourth-order valence-corrected chi connectivity index (χ4v) is 4.35. The lowest BCUT2D eigenvalue weighted by molar-refractivity contribution is -0.122. The smallest absolute Gasteiger partial charge is 0.253 e. The number of carbonyl (C=O) groups is 2. The number of amides is 2. The molecule has 0 spiro atoms. The molecular weight excluding hydrogens is 396 g/mol. The first-order valence-corrected chi connectivity index (χ1v) is 11.3. The molecule has 0 bridgehead atoms. The van der Waals surface area contributed by atoms with Crippen molar-refractivity contribution in [1.29, 1.82) is 0 Å². The number of benzene rings is 3. The van der Waals surface area contributed by atoms with Gasteiger partial charge in [-0.15, -0.1) is 0 Å². The standard InChI is InChI=1S/C28H30N2O2/c1-20-13-14-24(19-21(20)2)28(32)30-17-15-25(16-18-30)29-27(31)26(22-9-5-3-6-10-22)23-11-7-4-8-12-23/h3-14,19,25-26H,15-18H2,1-2H3,(H,29,31). The average Bonchev–Trinajstić information content (AvgIpc) is 2.82. The van der Waals surface area contributed by atoms with Gasteiger partial charge in [-0.05, 0) is 61.1 Å². The number of nitrogens with zero attached hydrogens (tertiary/aromatic N) is 1. The van der Waals surface area contributed by atoms with Gasteiger partial charge in [0.1, 0.15) is 0 Å². The maximum atomic E-state index is 13.3. The molecule has 1 saturated heterocycles. The molecule has 4 nitrogen and oxygen atoms in total. The number of hydrogen-bond donors (Lipinski definition) is 1. The summed E-state index contributed by atoms with van der Waals surface area (Å²) in [7, 11) is 0. The van der Waals surface area contributed by atoms with Crippen molar-refractivity contribution in [3.05, 3.63) is 107 Å². The molecule has 1 heterocycles. The van der Waals surface area contributed by atoms with Crippen molar-refractivity contribution in [3.63, 3.8) is 0 Å². The molecule has 164 valence electrons. The van der Waals surface area contributed by atoms with E-state index in [1.807, 2.05) is 90.7 Å². The number of likely N-dealkylation sites (tertiary alicyclic amines) is 1. The Morgan fingerprint density at radius 1 is 0.812 bits per heavy atom. The molecule has 0 saturated carbocycles. The first-order valence-electron chi connectivity index (χ1n) is 11.3. The number of hydrogen-bond acceptors (Lipinski definition) is 2. The van der Waals surface area contributed by atoms with E-state index in [2.05, 4.69) is 12.2 Å². The average molecular weight is 427 g/mol. The van der Waals surface area contributed by atoms with Crippen LogP contribution >= 0.6 is 0 Å². The Labute approximate surface area is 190 Å². The second kappa shape index (κ2) is 9.82. The van der Waals surface area contributed by atoms with Gasteiger partial charge in [-0.3, -0.25) is 9.59 Å². The Kier molecular flexibility index (Phi) is 6.69. The SMILES string of the molecule is Cc1ccc(C(=O)N2CCC(NC(=O)C(c3ccccc3)c3ccccc3)CC2)cc1C. The van der Waals surface area contributed by atoms with Crippen molar-refractivity contribution in [2.45, 2.75) is 38.6 Å². The summed E-state index contributed by atoms with van der Waals surface area (Å²) in [5, 5.41) is 3.25. The predicted molar refractivity (Wildman–Crippen MR) is 128 cm³/mol. The van der Waals surface area contributed by atoms with E-state index in [1.54, 1.807) is 0 Å². The highest BCUT2D eigenvalue weighted by Crippen LogP contribution is 2.26. The molecule has 0 aromatic heterocycles. The van der Waals surface area contributed by atoms with Gasteiger partial charge in [0.2, 0.25) is 5.91 Å². The van der Waals surface area contributed by atoms with Crippen LogP contribution in [0.15, 0.2) is 78.9 Å². The highest BCUT2D eigenvalue weighted by atomic mass is 16.2. The molecular formula is C28H30N2O2. The fourth-order valence-electron chi connectivity index (χ4n) is 4.35. The zero-order chi connectivity index (χ0) is 22.5. The van der Waals surface area contributed by atoms with Gasteiger partial charge in [0.25, 0.3) is 5.91 Å². The van der Waals surface area contributed by atoms with Crippen LogP contribution in [0.3, 0.4) is 0 Å². The van der Waals surface area contributed by atoms with Gasteiger partial charge in [0.15, 0.2) is 0 Å². The highest BCUT2D eigenvalue weighted by Gasteiger charge is 2.28. The van der Waals surface area contributed by atoms with Crippen molar-refractivity contribution in [3.8, 4) is 0 Å². The molecule has 0 aliphatic carbocycles. The number of nitrogens with one attached hydrogen (secondary N) is 1. The van der Waals surface area contributed by atoms with Crippen molar-refractivity contribution in [2.24, 2.45) is 0 Å². The number of aryl methyl sites for hydroxylation is 2. The number of carbonyl (C=O) groups excluding carboxylic acids is 2. The van der Waals surface area contributed by atoms with Crippen LogP contribution in [0.4, 0.5) is 0 Å². The van der Waals surface area contributed by atoms with Crippen LogP contribution in [0, 0.1) is 13.8 Å². The van der Waals surface area contributed by atoms with Crippen LogP contribution in [0.2, 0.25) is 0 Å². The van der Waals surface area contributed by atoms with E-state index in [0.29, 0.717) is 13.1 Å². The molecule has 4 rings (SSSR count). The minimum atomic E-state index is -0.340. The number of rotatable bonds is 5. The Hall–Kier alpha value is -3.40. The maximum Gasteiger partial charge on any atom is 0.253 e. The first kappa shape index (κ1) is 21.8. The minimum absolute atomic E-state index is 0.0151. The lowest BCUT2D eigenvalue weighted by Crippen LogP contribution is -2.47. The van der Waals surface area contributed by atoms with Crippen molar-refractivity contribution < 1.29 is 9.59 Å². The summed E-state index contributed by atoms with van der Waals surface area (Å²) < 4.78 is 0. The van der Waals surface area contributed by atoms with E-state index in [0.717, 1.165) is 35.1 Å². The van der Waals surface area contributed by atoms with Gasteiger partial charge in [0, 0.05) is 24.7 Å². The van der Waals surface area contributed by atoms with E-state index < -0.39 is 0 Å². The van der Waals surface area contributed by atoms with E-state index in [9.17, 15) is 9.59 Å². The molecule has 1 N–H and O–H groups in total. The van der Waals surface area contributed by atoms with Crippen LogP contribution in [0.1, 0.15) is 51.4 Å². The molecule has 2 amide bonds. The van der Waals surface area contributed by atoms with Gasteiger partial charge in [-0.25, -0.2) is 0 Å². The lowest BCUT2D eigenvalue weighted by Gasteiger charge is -2.33. The molecule has 4 heteroatoms. The van der Waals surface area contributed by atoms with Gasteiger partial charge >= 0.3 is 0 Å². The molecule has 3 aromatic carbocycles. The third-order valence-corrected chi connectivity index (χ3v) is 6.41. The van der Waals surface area contributed by atoms with Crippen LogP contribution in [0.5, 0.6) is 0 Å². The summed E-state index contributed by atoms with van der Waals surface area (Å²) in [6.07, 6.45) is 1.53. The first-order chi connectivity index (χ1) is 15.5. The minimum Gasteiger partial charge on any atom is -0.352 e. The van der Waals surface area contributed by atoms with E-state index >= 15 is 0 Å². The summed E-state index contributed by atoms with van der Waals surface area (Å²) in [5.74, 6) is -0.252. The zero-order valence-corrected chi connectivity index (χ0v) is 18.8. The second-order valence-electron chi connectivity index (χ2n) is 8.63. The summed E-state index contributed by atoms with van der Waals surface area (Å²) >= 11 is 0. The number of piperidine rings is 1. The molecule has 3 aromatic rings. The van der Waals surface area contributed by atoms with Gasteiger partial charge in [-0.2, -0.15) is 0 Å². The summed E-state index contributed by atoms with van der Waals surface area (Å²) in [4.78, 5) is 28.1. The molecule has 1 fully saturated rings. The molecule has 0 atom stereocenters. The second-order valence-corrected chi connectivity index (χ2v) is 8.63. The van der Waals surface area contributed by atoms with Crippen LogP contribution in [-0.2, 0) is 4.79 Å². The van der Waals surface area contributed by atoms with Crippen molar-refractivity contribution >= 4 is 11.8 Å². The van der Waals surface area contributed by atoms with Crippen LogP contribution < -0.4 is 5.32 Å². The predicted octanol–water partition coefficient (Wildman–Crippen LogP) is 4.86. The Balaban J connectivity index is 1.41. The topological polar surface area (TPSA) is 49.4 Å². The Bertz CT molecular complexity index is 1030.